The van der Waals surface area contributed by atoms with Crippen molar-refractivity contribution in [2.45, 2.75) is 12.7 Å². The van der Waals surface area contributed by atoms with Crippen LogP contribution in [0.3, 0.4) is 0 Å². The van der Waals surface area contributed by atoms with Gasteiger partial charge in [-0.15, -0.1) is 0 Å². The second-order valence-corrected chi connectivity index (χ2v) is 7.20. The number of likely N-dealkylation sites (N-methyl/N-ethyl adjacent to an activating group) is 1. The molecule has 8 heteroatoms. The maximum absolute atomic E-state index is 13.5. The number of rotatable bonds is 4. The summed E-state index contributed by atoms with van der Waals surface area (Å²) in [7, 11) is 2.00. The molecule has 1 saturated heterocycles. The van der Waals surface area contributed by atoms with Gasteiger partial charge in [0.1, 0.15) is 0 Å². The molecular weight excluding hydrogens is 363 g/mol. The van der Waals surface area contributed by atoms with Crippen molar-refractivity contribution in [3.63, 3.8) is 0 Å². The maximum Gasteiger partial charge on any atom is 0.416 e. The normalized spacial score (nSPS) is 16.6. The van der Waals surface area contributed by atoms with E-state index in [-0.39, 0.29) is 17.8 Å². The molecule has 0 bridgehead atoms. The van der Waals surface area contributed by atoms with Crippen molar-refractivity contribution in [3.05, 3.63) is 51.7 Å². The molecule has 3 rings (SSSR count). The van der Waals surface area contributed by atoms with Crippen molar-refractivity contribution in [3.8, 4) is 0 Å². The van der Waals surface area contributed by atoms with E-state index in [0.717, 1.165) is 32.2 Å². The summed E-state index contributed by atoms with van der Waals surface area (Å²) in [5.41, 5.74) is 0.121. The summed E-state index contributed by atoms with van der Waals surface area (Å²) in [5.74, 6) is -0.411. The van der Waals surface area contributed by atoms with Crippen LogP contribution in [0.2, 0.25) is 0 Å². The Morgan fingerprint density at radius 2 is 1.92 bits per heavy atom. The van der Waals surface area contributed by atoms with E-state index in [4.69, 9.17) is 0 Å². The predicted molar refractivity (Wildman–Crippen MR) is 96.5 cm³/mol. The molecular formula is C18H20F3N3OS. The van der Waals surface area contributed by atoms with Gasteiger partial charge in [-0.25, -0.2) is 0 Å². The second-order valence-electron chi connectivity index (χ2n) is 6.42. The lowest BCUT2D eigenvalue weighted by Gasteiger charge is -2.33. The van der Waals surface area contributed by atoms with E-state index in [1.54, 1.807) is 16.8 Å². The average molecular weight is 383 g/mol. The number of carbonyl (C=O) groups is 1. The Morgan fingerprint density at radius 1 is 1.19 bits per heavy atom. The largest absolute Gasteiger partial charge is 0.416 e. The molecule has 0 unspecified atom stereocenters. The van der Waals surface area contributed by atoms with Crippen LogP contribution in [0.1, 0.15) is 21.5 Å². The third-order valence-corrected chi connectivity index (χ3v) is 5.13. The standard InChI is InChI=1S/C18H20F3N3OS/c1-23-5-7-24(8-6-23)11-13-2-3-15(10-16(13)18(19,20)21)22-17(25)14-4-9-26-12-14/h2-4,9-10,12H,5-8,11H2,1H3,(H,22,25). The SMILES string of the molecule is CN1CCN(Cc2ccc(NC(=O)c3ccsc3)cc2C(F)(F)F)CC1. The minimum Gasteiger partial charge on any atom is -0.322 e. The number of thiophene rings is 1. The van der Waals surface area contributed by atoms with Crippen molar-refractivity contribution in [2.75, 3.05) is 38.5 Å². The van der Waals surface area contributed by atoms with E-state index in [0.29, 0.717) is 5.56 Å². The number of hydrogen-bond acceptors (Lipinski definition) is 4. The number of benzene rings is 1. The molecule has 0 spiro atoms. The lowest BCUT2D eigenvalue weighted by molar-refractivity contribution is -0.138. The molecule has 0 atom stereocenters. The number of piperazine rings is 1. The number of alkyl halides is 3. The van der Waals surface area contributed by atoms with Crippen LogP contribution in [-0.2, 0) is 12.7 Å². The molecule has 2 aromatic rings. The Morgan fingerprint density at radius 3 is 2.54 bits per heavy atom. The van der Waals surface area contributed by atoms with Crippen LogP contribution in [0.15, 0.2) is 35.0 Å². The topological polar surface area (TPSA) is 35.6 Å². The number of anilines is 1. The molecule has 1 amide bonds. The van der Waals surface area contributed by atoms with Gasteiger partial charge in [0.25, 0.3) is 5.91 Å². The third-order valence-electron chi connectivity index (χ3n) is 4.45. The van der Waals surface area contributed by atoms with Crippen LogP contribution >= 0.6 is 11.3 Å². The summed E-state index contributed by atoms with van der Waals surface area (Å²) in [6.45, 7) is 3.42. The molecule has 1 aliphatic rings. The van der Waals surface area contributed by atoms with Crippen molar-refractivity contribution in [1.29, 1.82) is 0 Å². The highest BCUT2D eigenvalue weighted by Crippen LogP contribution is 2.34. The van der Waals surface area contributed by atoms with Gasteiger partial charge >= 0.3 is 6.18 Å². The average Bonchev–Trinajstić information content (AvgIpc) is 3.12. The van der Waals surface area contributed by atoms with Crippen LogP contribution in [0, 0.1) is 0 Å². The minimum atomic E-state index is -4.47. The van der Waals surface area contributed by atoms with Crippen LogP contribution in [0.25, 0.3) is 0 Å². The third kappa shape index (κ3) is 4.63. The number of hydrogen-bond donors (Lipinski definition) is 1. The van der Waals surface area contributed by atoms with Crippen LogP contribution < -0.4 is 5.32 Å². The first-order valence-corrected chi connectivity index (χ1v) is 9.22. The molecule has 2 heterocycles. The first kappa shape index (κ1) is 18.9. The van der Waals surface area contributed by atoms with Gasteiger partial charge in [0.15, 0.2) is 0 Å². The number of nitrogens with zero attached hydrogens (tertiary/aromatic N) is 2. The first-order valence-electron chi connectivity index (χ1n) is 8.27. The summed E-state index contributed by atoms with van der Waals surface area (Å²) >= 11 is 1.36. The van der Waals surface area contributed by atoms with Gasteiger partial charge < -0.3 is 10.2 Å². The first-order chi connectivity index (χ1) is 12.3. The summed E-state index contributed by atoms with van der Waals surface area (Å²) < 4.78 is 40.6. The van der Waals surface area contributed by atoms with Gasteiger partial charge in [-0.2, -0.15) is 24.5 Å². The van der Waals surface area contributed by atoms with E-state index in [1.165, 1.54) is 23.5 Å². The van der Waals surface area contributed by atoms with Gasteiger partial charge in [0, 0.05) is 43.8 Å². The van der Waals surface area contributed by atoms with E-state index in [9.17, 15) is 18.0 Å². The number of nitrogens with one attached hydrogen (secondary N) is 1. The number of amides is 1. The summed E-state index contributed by atoms with van der Waals surface area (Å²) in [4.78, 5) is 16.2. The van der Waals surface area contributed by atoms with Crippen molar-refractivity contribution in [1.82, 2.24) is 9.80 Å². The van der Waals surface area contributed by atoms with E-state index in [1.807, 2.05) is 11.9 Å². The van der Waals surface area contributed by atoms with Gasteiger partial charge in [0.2, 0.25) is 0 Å². The zero-order chi connectivity index (χ0) is 18.7. The van der Waals surface area contributed by atoms with Gasteiger partial charge in [0.05, 0.1) is 11.1 Å². The van der Waals surface area contributed by atoms with Crippen molar-refractivity contribution >= 4 is 22.9 Å². The Kier molecular flexibility index (Phi) is 5.64. The molecule has 140 valence electrons. The van der Waals surface area contributed by atoms with Crippen LogP contribution in [0.5, 0.6) is 0 Å². The van der Waals surface area contributed by atoms with Crippen LogP contribution in [0.4, 0.5) is 18.9 Å². The fourth-order valence-electron chi connectivity index (χ4n) is 2.90. The van der Waals surface area contributed by atoms with E-state index >= 15 is 0 Å². The van der Waals surface area contributed by atoms with Gasteiger partial charge in [-0.3, -0.25) is 9.69 Å². The molecule has 1 aromatic heterocycles. The molecule has 4 nitrogen and oxygen atoms in total. The fraction of sp³-hybridized carbons (Fsp3) is 0.389. The highest BCUT2D eigenvalue weighted by Gasteiger charge is 2.34. The molecule has 0 saturated carbocycles. The monoisotopic (exact) mass is 383 g/mol. The highest BCUT2D eigenvalue weighted by atomic mass is 32.1. The quantitative estimate of drug-likeness (QED) is 0.873. The Labute approximate surface area is 154 Å². The van der Waals surface area contributed by atoms with Gasteiger partial charge in [-0.1, -0.05) is 6.07 Å². The molecule has 1 aliphatic heterocycles. The van der Waals surface area contributed by atoms with Crippen molar-refractivity contribution < 1.29 is 18.0 Å². The Bertz CT molecular complexity index is 754. The molecule has 1 aromatic carbocycles. The van der Waals surface area contributed by atoms with Gasteiger partial charge in [-0.05, 0) is 36.2 Å². The molecule has 0 radical (unpaired) electrons. The fourth-order valence-corrected chi connectivity index (χ4v) is 3.54. The number of carbonyl (C=O) groups excluding carboxylic acids is 1. The Hall–Kier alpha value is -1.90. The zero-order valence-electron chi connectivity index (χ0n) is 14.3. The summed E-state index contributed by atoms with van der Waals surface area (Å²) in [6.07, 6.45) is -4.47. The molecule has 1 fully saturated rings. The van der Waals surface area contributed by atoms with E-state index < -0.39 is 17.6 Å². The second kappa shape index (κ2) is 7.77. The maximum atomic E-state index is 13.5. The lowest BCUT2D eigenvalue weighted by atomic mass is 10.0. The minimum absolute atomic E-state index is 0.149. The highest BCUT2D eigenvalue weighted by molar-refractivity contribution is 7.08. The smallest absolute Gasteiger partial charge is 0.322 e. The lowest BCUT2D eigenvalue weighted by Crippen LogP contribution is -2.44. The summed E-state index contributed by atoms with van der Waals surface area (Å²) in [6, 6.07) is 5.65. The van der Waals surface area contributed by atoms with E-state index in [2.05, 4.69) is 10.2 Å². The summed E-state index contributed by atoms with van der Waals surface area (Å²) in [5, 5.41) is 5.94. The number of halogens is 3. The Balaban J connectivity index is 1.78. The van der Waals surface area contributed by atoms with Crippen LogP contribution in [-0.4, -0.2) is 48.9 Å². The molecule has 1 N–H and O–H groups in total. The van der Waals surface area contributed by atoms with Crippen molar-refractivity contribution in [2.24, 2.45) is 0 Å². The molecule has 26 heavy (non-hydrogen) atoms. The predicted octanol–water partition coefficient (Wildman–Crippen LogP) is 3.77. The zero-order valence-corrected chi connectivity index (χ0v) is 15.2. The molecule has 0 aliphatic carbocycles.